The molecule has 0 bridgehead atoms. The number of aliphatic carboxylic acids is 1. The van der Waals surface area contributed by atoms with E-state index in [1.54, 1.807) is 0 Å². The normalized spacial score (nSPS) is 13.0. The Kier molecular flexibility index (Phi) is 6.39. The standard InChI is InChI=1S/C24H23N3O6/c1-14(23(29)30)10-25-22(28)21-20(33-13-27-21)11-26-24(31)32-12-19-17-8-4-2-6-15(17)16-7-3-5-9-18(16)19/h2-9,13-14,19H,10-12H2,1H3,(H,25,28)(H,26,31)(H,29,30). The van der Waals surface area contributed by atoms with E-state index in [-0.39, 0.29) is 37.1 Å². The maximum absolute atomic E-state index is 12.3. The van der Waals surface area contributed by atoms with Crippen LogP contribution in [0.15, 0.2) is 59.3 Å². The number of carbonyl (C=O) groups excluding carboxylic acids is 2. The number of fused-ring (bicyclic) bond motifs is 3. The van der Waals surface area contributed by atoms with Crippen molar-refractivity contribution in [2.24, 2.45) is 5.92 Å². The molecule has 0 radical (unpaired) electrons. The summed E-state index contributed by atoms with van der Waals surface area (Å²) in [6.07, 6.45) is 0.434. The number of amides is 2. The Balaban J connectivity index is 1.33. The van der Waals surface area contributed by atoms with E-state index in [0.717, 1.165) is 28.6 Å². The van der Waals surface area contributed by atoms with Crippen LogP contribution in [0.1, 0.15) is 40.2 Å². The lowest BCUT2D eigenvalue weighted by Crippen LogP contribution is -2.33. The number of rotatable bonds is 8. The van der Waals surface area contributed by atoms with Gasteiger partial charge in [-0.3, -0.25) is 9.59 Å². The Morgan fingerprint density at radius 3 is 2.33 bits per heavy atom. The third kappa shape index (κ3) is 4.72. The molecule has 1 aliphatic rings. The van der Waals surface area contributed by atoms with E-state index in [0.29, 0.717) is 0 Å². The number of benzene rings is 2. The van der Waals surface area contributed by atoms with Crippen molar-refractivity contribution >= 4 is 18.0 Å². The van der Waals surface area contributed by atoms with E-state index < -0.39 is 23.9 Å². The SMILES string of the molecule is CC(CNC(=O)c1ncoc1CNC(=O)OCC1c2ccccc2-c2ccccc21)C(=O)O. The fourth-order valence-corrected chi connectivity index (χ4v) is 3.80. The third-order valence-corrected chi connectivity index (χ3v) is 5.58. The van der Waals surface area contributed by atoms with Crippen LogP contribution in [-0.4, -0.2) is 41.2 Å². The molecule has 9 heteroatoms. The van der Waals surface area contributed by atoms with Crippen LogP contribution in [0, 0.1) is 5.92 Å². The van der Waals surface area contributed by atoms with Crippen LogP contribution >= 0.6 is 0 Å². The number of ether oxygens (including phenoxy) is 1. The highest BCUT2D eigenvalue weighted by molar-refractivity contribution is 5.93. The summed E-state index contributed by atoms with van der Waals surface area (Å²) in [7, 11) is 0. The lowest BCUT2D eigenvalue weighted by Gasteiger charge is -2.14. The predicted octanol–water partition coefficient (Wildman–Crippen LogP) is 3.16. The Hall–Kier alpha value is -4.14. The molecule has 1 heterocycles. The van der Waals surface area contributed by atoms with Crippen LogP contribution in [0.5, 0.6) is 0 Å². The van der Waals surface area contributed by atoms with E-state index in [1.165, 1.54) is 6.92 Å². The van der Waals surface area contributed by atoms with Crippen LogP contribution in [-0.2, 0) is 16.1 Å². The molecule has 0 spiro atoms. The monoisotopic (exact) mass is 449 g/mol. The minimum absolute atomic E-state index is 0.0217. The second kappa shape index (κ2) is 9.56. The summed E-state index contributed by atoms with van der Waals surface area (Å²) in [4.78, 5) is 39.3. The topological polar surface area (TPSA) is 131 Å². The molecule has 1 aromatic heterocycles. The van der Waals surface area contributed by atoms with Crippen molar-refractivity contribution in [3.8, 4) is 11.1 Å². The molecule has 1 atom stereocenters. The summed E-state index contributed by atoms with van der Waals surface area (Å²) >= 11 is 0. The molecule has 1 aliphatic carbocycles. The number of hydrogen-bond donors (Lipinski definition) is 3. The van der Waals surface area contributed by atoms with Crippen molar-refractivity contribution in [2.75, 3.05) is 13.2 Å². The van der Waals surface area contributed by atoms with E-state index in [1.807, 2.05) is 36.4 Å². The minimum atomic E-state index is -1.02. The van der Waals surface area contributed by atoms with Gasteiger partial charge in [0.25, 0.3) is 5.91 Å². The molecular weight excluding hydrogens is 426 g/mol. The number of aromatic nitrogens is 1. The van der Waals surface area contributed by atoms with Gasteiger partial charge in [0.15, 0.2) is 17.8 Å². The Morgan fingerprint density at radius 2 is 1.70 bits per heavy atom. The van der Waals surface area contributed by atoms with Gasteiger partial charge in [-0.15, -0.1) is 0 Å². The zero-order valence-electron chi connectivity index (χ0n) is 17.9. The molecule has 0 aliphatic heterocycles. The maximum Gasteiger partial charge on any atom is 0.407 e. The molecule has 0 saturated heterocycles. The van der Waals surface area contributed by atoms with E-state index in [9.17, 15) is 14.4 Å². The number of nitrogens with one attached hydrogen (secondary N) is 2. The van der Waals surface area contributed by atoms with E-state index in [2.05, 4.69) is 27.8 Å². The molecule has 0 fully saturated rings. The molecule has 4 rings (SSSR count). The molecule has 170 valence electrons. The molecule has 2 amide bonds. The van der Waals surface area contributed by atoms with Crippen molar-refractivity contribution in [1.82, 2.24) is 15.6 Å². The highest BCUT2D eigenvalue weighted by atomic mass is 16.5. The Morgan fingerprint density at radius 1 is 1.06 bits per heavy atom. The summed E-state index contributed by atoms with van der Waals surface area (Å²) in [5.41, 5.74) is 4.47. The summed E-state index contributed by atoms with van der Waals surface area (Å²) < 4.78 is 10.7. The second-order valence-electron chi connectivity index (χ2n) is 7.75. The van der Waals surface area contributed by atoms with Gasteiger partial charge in [0.1, 0.15) is 6.61 Å². The molecule has 2 aromatic carbocycles. The van der Waals surface area contributed by atoms with Crippen LogP contribution in [0.4, 0.5) is 4.79 Å². The average Bonchev–Trinajstić information content (AvgIpc) is 3.42. The predicted molar refractivity (Wildman–Crippen MR) is 118 cm³/mol. The second-order valence-corrected chi connectivity index (χ2v) is 7.75. The van der Waals surface area contributed by atoms with E-state index in [4.69, 9.17) is 14.3 Å². The summed E-state index contributed by atoms with van der Waals surface area (Å²) in [5, 5.41) is 14.0. The summed E-state index contributed by atoms with van der Waals surface area (Å²) in [5.74, 6) is -2.27. The van der Waals surface area contributed by atoms with Gasteiger partial charge in [0.05, 0.1) is 12.5 Å². The van der Waals surface area contributed by atoms with Crippen LogP contribution in [0.25, 0.3) is 11.1 Å². The number of oxazole rings is 1. The molecule has 3 aromatic rings. The molecule has 3 N–H and O–H groups in total. The fraction of sp³-hybridized carbons (Fsp3) is 0.250. The first-order valence-electron chi connectivity index (χ1n) is 10.5. The number of carboxylic acid groups (broad SMARTS) is 1. The van der Waals surface area contributed by atoms with Gasteiger partial charge in [-0.25, -0.2) is 9.78 Å². The number of alkyl carbamates (subject to hydrolysis) is 1. The smallest absolute Gasteiger partial charge is 0.407 e. The zero-order chi connectivity index (χ0) is 23.4. The summed E-state index contributed by atoms with van der Waals surface area (Å²) in [6.45, 7) is 1.48. The van der Waals surface area contributed by atoms with Crippen LogP contribution in [0.3, 0.4) is 0 Å². The lowest BCUT2D eigenvalue weighted by atomic mass is 9.98. The van der Waals surface area contributed by atoms with Crippen molar-refractivity contribution in [2.45, 2.75) is 19.4 Å². The first kappa shape index (κ1) is 22.1. The number of hydrogen-bond acceptors (Lipinski definition) is 6. The van der Waals surface area contributed by atoms with Gasteiger partial charge in [0.2, 0.25) is 0 Å². The largest absolute Gasteiger partial charge is 0.481 e. The summed E-state index contributed by atoms with van der Waals surface area (Å²) in [6, 6.07) is 16.1. The number of nitrogens with zero attached hydrogens (tertiary/aromatic N) is 1. The van der Waals surface area contributed by atoms with Gasteiger partial charge in [0, 0.05) is 12.5 Å². The molecule has 0 saturated carbocycles. The highest BCUT2D eigenvalue weighted by Gasteiger charge is 2.29. The van der Waals surface area contributed by atoms with Crippen LogP contribution in [0.2, 0.25) is 0 Å². The van der Waals surface area contributed by atoms with Gasteiger partial charge < -0.3 is 24.9 Å². The van der Waals surface area contributed by atoms with Crippen molar-refractivity contribution < 1.29 is 28.6 Å². The number of carbonyl (C=O) groups is 3. The van der Waals surface area contributed by atoms with Crippen LogP contribution < -0.4 is 10.6 Å². The third-order valence-electron chi connectivity index (χ3n) is 5.58. The molecule has 33 heavy (non-hydrogen) atoms. The van der Waals surface area contributed by atoms with Gasteiger partial charge >= 0.3 is 12.1 Å². The Labute approximate surface area is 189 Å². The van der Waals surface area contributed by atoms with Crippen molar-refractivity contribution in [1.29, 1.82) is 0 Å². The zero-order valence-corrected chi connectivity index (χ0v) is 17.9. The molecular formula is C24H23N3O6. The van der Waals surface area contributed by atoms with Crippen molar-refractivity contribution in [3.63, 3.8) is 0 Å². The molecule has 1 unspecified atom stereocenters. The van der Waals surface area contributed by atoms with Gasteiger partial charge in [-0.1, -0.05) is 55.5 Å². The van der Waals surface area contributed by atoms with Gasteiger partial charge in [-0.05, 0) is 22.3 Å². The average molecular weight is 449 g/mol. The lowest BCUT2D eigenvalue weighted by molar-refractivity contribution is -0.140. The van der Waals surface area contributed by atoms with E-state index >= 15 is 0 Å². The quantitative estimate of drug-likeness (QED) is 0.481. The number of carboxylic acids is 1. The van der Waals surface area contributed by atoms with Crippen molar-refractivity contribution in [3.05, 3.63) is 77.5 Å². The highest BCUT2D eigenvalue weighted by Crippen LogP contribution is 2.44. The first-order chi connectivity index (χ1) is 16.0. The maximum atomic E-state index is 12.3. The first-order valence-corrected chi connectivity index (χ1v) is 10.5. The molecule has 9 nitrogen and oxygen atoms in total. The van der Waals surface area contributed by atoms with Gasteiger partial charge in [-0.2, -0.15) is 0 Å². The fourth-order valence-electron chi connectivity index (χ4n) is 3.80. The minimum Gasteiger partial charge on any atom is -0.481 e. The Bertz CT molecular complexity index is 1140.